The molecule has 0 unspecified atom stereocenters. The van der Waals surface area contributed by atoms with Crippen LogP contribution in [0.3, 0.4) is 0 Å². The lowest BCUT2D eigenvalue weighted by atomic mass is 10.1. The van der Waals surface area contributed by atoms with Gasteiger partial charge in [-0.1, -0.05) is 0 Å². The number of rotatable bonds is 1. The second kappa shape index (κ2) is 3.31. The number of hydrogen-bond donors (Lipinski definition) is 0. The van der Waals surface area contributed by atoms with Crippen LogP contribution in [0.2, 0.25) is 0 Å². The van der Waals surface area contributed by atoms with Crippen molar-refractivity contribution < 1.29 is 4.39 Å². The molecule has 64 valence electrons. The van der Waals surface area contributed by atoms with Crippen molar-refractivity contribution in [2.75, 3.05) is 0 Å². The molecule has 0 bridgehead atoms. The molecule has 0 atom stereocenters. The zero-order valence-electron chi connectivity index (χ0n) is 6.81. The highest BCUT2D eigenvalue weighted by Crippen LogP contribution is 2.19. The molecule has 0 fully saturated rings. The fourth-order valence-corrected chi connectivity index (χ4v) is 1.12. The lowest BCUT2D eigenvalue weighted by Gasteiger charge is -2.00. The van der Waals surface area contributed by atoms with Crippen molar-refractivity contribution in [2.24, 2.45) is 0 Å². The van der Waals surface area contributed by atoms with Crippen molar-refractivity contribution >= 4 is 0 Å². The number of nitrogens with zero attached hydrogens (tertiary/aromatic N) is 2. The first kappa shape index (κ1) is 7.86. The molecule has 2 aromatic heterocycles. The van der Waals surface area contributed by atoms with Gasteiger partial charge in [-0.15, -0.1) is 0 Å². The van der Waals surface area contributed by atoms with E-state index in [0.717, 1.165) is 5.56 Å². The summed E-state index contributed by atoms with van der Waals surface area (Å²) in [5, 5.41) is 0. The average molecular weight is 174 g/mol. The smallest absolute Gasteiger partial charge is 0.134 e. The quantitative estimate of drug-likeness (QED) is 0.662. The first-order chi connectivity index (χ1) is 6.38. The monoisotopic (exact) mass is 174 g/mol. The molecule has 0 amide bonds. The summed E-state index contributed by atoms with van der Waals surface area (Å²) >= 11 is 0. The topological polar surface area (TPSA) is 25.8 Å². The Bertz CT molecular complexity index is 401. The van der Waals surface area contributed by atoms with Gasteiger partial charge in [0.05, 0.1) is 0 Å². The minimum atomic E-state index is -0.263. The SMILES string of the molecule is Fc1ccncc1-c1ccncc1. The van der Waals surface area contributed by atoms with Crippen molar-refractivity contribution in [1.82, 2.24) is 9.97 Å². The molecule has 0 aromatic carbocycles. The maximum Gasteiger partial charge on any atom is 0.134 e. The Morgan fingerprint density at radius 1 is 0.923 bits per heavy atom. The van der Waals surface area contributed by atoms with Gasteiger partial charge in [0.1, 0.15) is 5.82 Å². The van der Waals surface area contributed by atoms with E-state index in [1.54, 1.807) is 24.5 Å². The molecule has 0 aliphatic rings. The fraction of sp³-hybridized carbons (Fsp3) is 0. The van der Waals surface area contributed by atoms with Crippen LogP contribution < -0.4 is 0 Å². The molecule has 2 heterocycles. The van der Waals surface area contributed by atoms with Crippen LogP contribution in [0.5, 0.6) is 0 Å². The molecule has 0 aliphatic heterocycles. The van der Waals surface area contributed by atoms with E-state index >= 15 is 0 Å². The number of pyridine rings is 2. The molecule has 0 radical (unpaired) electrons. The highest BCUT2D eigenvalue weighted by Gasteiger charge is 2.02. The Hall–Kier alpha value is -1.77. The van der Waals surface area contributed by atoms with E-state index in [1.807, 2.05) is 0 Å². The Morgan fingerprint density at radius 2 is 1.62 bits per heavy atom. The average Bonchev–Trinajstić information content (AvgIpc) is 2.20. The van der Waals surface area contributed by atoms with E-state index in [9.17, 15) is 4.39 Å². The molecular weight excluding hydrogens is 167 g/mol. The molecule has 2 aromatic rings. The molecule has 0 spiro atoms. The normalized spacial score (nSPS) is 9.92. The zero-order valence-corrected chi connectivity index (χ0v) is 6.81. The van der Waals surface area contributed by atoms with Crippen molar-refractivity contribution in [3.8, 4) is 11.1 Å². The Balaban J connectivity index is 2.54. The minimum Gasteiger partial charge on any atom is -0.265 e. The van der Waals surface area contributed by atoms with Gasteiger partial charge in [0, 0.05) is 30.4 Å². The first-order valence-electron chi connectivity index (χ1n) is 3.88. The lowest BCUT2D eigenvalue weighted by Crippen LogP contribution is -1.85. The molecule has 0 saturated heterocycles. The van der Waals surface area contributed by atoms with Crippen LogP contribution in [0.25, 0.3) is 11.1 Å². The van der Waals surface area contributed by atoms with Gasteiger partial charge in [-0.05, 0) is 23.8 Å². The third-order valence-electron chi connectivity index (χ3n) is 1.76. The molecule has 2 rings (SSSR count). The van der Waals surface area contributed by atoms with Crippen molar-refractivity contribution in [3.63, 3.8) is 0 Å². The summed E-state index contributed by atoms with van der Waals surface area (Å²) in [5.74, 6) is -0.263. The van der Waals surface area contributed by atoms with Crippen LogP contribution >= 0.6 is 0 Å². The lowest BCUT2D eigenvalue weighted by molar-refractivity contribution is 0.629. The third-order valence-corrected chi connectivity index (χ3v) is 1.76. The Kier molecular flexibility index (Phi) is 2.00. The maximum atomic E-state index is 13.2. The highest BCUT2D eigenvalue weighted by molar-refractivity contribution is 5.61. The molecule has 2 nitrogen and oxygen atoms in total. The number of aromatic nitrogens is 2. The molecule has 3 heteroatoms. The molecule has 13 heavy (non-hydrogen) atoms. The maximum absolute atomic E-state index is 13.2. The summed E-state index contributed by atoms with van der Waals surface area (Å²) in [6.07, 6.45) is 6.19. The van der Waals surface area contributed by atoms with E-state index in [0.29, 0.717) is 5.56 Å². The van der Waals surface area contributed by atoms with E-state index < -0.39 is 0 Å². The van der Waals surface area contributed by atoms with Gasteiger partial charge in [0.25, 0.3) is 0 Å². The van der Waals surface area contributed by atoms with Crippen LogP contribution in [-0.2, 0) is 0 Å². The van der Waals surface area contributed by atoms with Crippen LogP contribution in [0.4, 0.5) is 4.39 Å². The summed E-state index contributed by atoms with van der Waals surface area (Å²) in [6, 6.07) is 4.84. The molecule has 0 aliphatic carbocycles. The molecule has 0 saturated carbocycles. The van der Waals surface area contributed by atoms with Gasteiger partial charge in [-0.3, -0.25) is 9.97 Å². The van der Waals surface area contributed by atoms with Gasteiger partial charge in [0.15, 0.2) is 0 Å². The number of hydrogen-bond acceptors (Lipinski definition) is 2. The van der Waals surface area contributed by atoms with E-state index in [2.05, 4.69) is 9.97 Å². The van der Waals surface area contributed by atoms with Crippen LogP contribution in [0, 0.1) is 5.82 Å². The zero-order chi connectivity index (χ0) is 9.10. The van der Waals surface area contributed by atoms with Crippen LogP contribution in [-0.4, -0.2) is 9.97 Å². The van der Waals surface area contributed by atoms with Gasteiger partial charge in [-0.2, -0.15) is 0 Å². The summed E-state index contributed by atoms with van der Waals surface area (Å²) in [4.78, 5) is 7.72. The standard InChI is InChI=1S/C10H7FN2/c11-10-3-6-13-7-9(10)8-1-4-12-5-2-8/h1-7H. The predicted octanol–water partition coefficient (Wildman–Crippen LogP) is 2.28. The van der Waals surface area contributed by atoms with E-state index in [4.69, 9.17) is 0 Å². The summed E-state index contributed by atoms with van der Waals surface area (Å²) in [7, 11) is 0. The minimum absolute atomic E-state index is 0.263. The second-order valence-corrected chi connectivity index (χ2v) is 2.59. The second-order valence-electron chi connectivity index (χ2n) is 2.59. The van der Waals surface area contributed by atoms with Crippen molar-refractivity contribution in [1.29, 1.82) is 0 Å². The van der Waals surface area contributed by atoms with Crippen LogP contribution in [0.15, 0.2) is 43.0 Å². The van der Waals surface area contributed by atoms with Gasteiger partial charge in [0.2, 0.25) is 0 Å². The summed E-state index contributed by atoms with van der Waals surface area (Å²) in [6.45, 7) is 0. The van der Waals surface area contributed by atoms with E-state index in [1.165, 1.54) is 18.5 Å². The highest BCUT2D eigenvalue weighted by atomic mass is 19.1. The first-order valence-corrected chi connectivity index (χ1v) is 3.88. The molecule has 0 N–H and O–H groups in total. The Morgan fingerprint density at radius 3 is 2.31 bits per heavy atom. The van der Waals surface area contributed by atoms with E-state index in [-0.39, 0.29) is 5.82 Å². The fourth-order valence-electron chi connectivity index (χ4n) is 1.12. The van der Waals surface area contributed by atoms with Gasteiger partial charge in [-0.25, -0.2) is 4.39 Å². The van der Waals surface area contributed by atoms with Crippen molar-refractivity contribution in [2.45, 2.75) is 0 Å². The van der Waals surface area contributed by atoms with Crippen LogP contribution in [0.1, 0.15) is 0 Å². The molecular formula is C10H7FN2. The van der Waals surface area contributed by atoms with Gasteiger partial charge >= 0.3 is 0 Å². The Labute approximate surface area is 75.1 Å². The summed E-state index contributed by atoms with van der Waals surface area (Å²) in [5.41, 5.74) is 1.30. The predicted molar refractivity (Wildman–Crippen MR) is 47.4 cm³/mol. The summed E-state index contributed by atoms with van der Waals surface area (Å²) < 4.78 is 13.2. The number of halogens is 1. The van der Waals surface area contributed by atoms with Gasteiger partial charge < -0.3 is 0 Å². The third kappa shape index (κ3) is 1.54. The largest absolute Gasteiger partial charge is 0.265 e. The van der Waals surface area contributed by atoms with Crippen molar-refractivity contribution in [3.05, 3.63) is 48.8 Å².